The molecule has 1 saturated heterocycles. The Bertz CT molecular complexity index is 830. The third-order valence-electron chi connectivity index (χ3n) is 5.86. The molecule has 2 aromatic carbocycles. The zero-order valence-corrected chi connectivity index (χ0v) is 19.8. The second-order valence-electron chi connectivity index (χ2n) is 8.95. The number of nitrogens with zero attached hydrogens (tertiary/aromatic N) is 2. The molecule has 5 heteroatoms. The fourth-order valence-corrected chi connectivity index (χ4v) is 4.04. The molecule has 1 aliphatic rings. The van der Waals surface area contributed by atoms with E-state index in [1.165, 1.54) is 11.1 Å². The smallest absolute Gasteiger partial charge is 0.222 e. The van der Waals surface area contributed by atoms with Crippen LogP contribution in [0.5, 0.6) is 0 Å². The monoisotopic (exact) mass is 442 g/mol. The molecule has 2 aromatic rings. The van der Waals surface area contributed by atoms with Crippen molar-refractivity contribution in [3.63, 3.8) is 0 Å². The van der Waals surface area contributed by atoms with Gasteiger partial charge in [-0.15, -0.1) is 0 Å². The molecule has 1 heterocycles. The summed E-state index contributed by atoms with van der Waals surface area (Å²) in [4.78, 5) is 16.9. The molecule has 1 aliphatic heterocycles. The SMILES string of the molecule is Cc1cccc(COC(CN2CCN(C(=O)CCC(C)C)CC2)c2ccc(Cl)cc2)c1. The van der Waals surface area contributed by atoms with E-state index >= 15 is 0 Å². The van der Waals surface area contributed by atoms with Crippen molar-refractivity contribution in [1.82, 2.24) is 9.80 Å². The van der Waals surface area contributed by atoms with Crippen LogP contribution in [0.25, 0.3) is 0 Å². The van der Waals surface area contributed by atoms with E-state index in [1.54, 1.807) is 0 Å². The Hall–Kier alpha value is -1.88. The minimum atomic E-state index is -0.0408. The Morgan fingerprint density at radius 3 is 2.42 bits per heavy atom. The maximum atomic E-state index is 12.4. The number of carbonyl (C=O) groups excluding carboxylic acids is 1. The van der Waals surface area contributed by atoms with E-state index in [2.05, 4.69) is 62.1 Å². The Kier molecular flexibility index (Phi) is 8.94. The summed E-state index contributed by atoms with van der Waals surface area (Å²) in [6, 6.07) is 16.4. The van der Waals surface area contributed by atoms with E-state index in [4.69, 9.17) is 16.3 Å². The highest BCUT2D eigenvalue weighted by Gasteiger charge is 2.24. The molecule has 3 rings (SSSR count). The van der Waals surface area contributed by atoms with Gasteiger partial charge in [0.1, 0.15) is 0 Å². The van der Waals surface area contributed by atoms with Crippen LogP contribution >= 0.6 is 11.6 Å². The number of piperazine rings is 1. The number of hydrogen-bond acceptors (Lipinski definition) is 3. The molecule has 0 N–H and O–H groups in total. The molecule has 0 spiro atoms. The van der Waals surface area contributed by atoms with Crippen molar-refractivity contribution in [3.05, 3.63) is 70.2 Å². The second-order valence-corrected chi connectivity index (χ2v) is 9.39. The third kappa shape index (κ3) is 7.64. The van der Waals surface area contributed by atoms with Gasteiger partial charge in [-0.2, -0.15) is 0 Å². The standard InChI is InChI=1S/C26H35ClN2O2/c1-20(2)7-12-26(30)29-15-13-28(14-16-29)18-25(23-8-10-24(27)11-9-23)31-19-22-6-4-5-21(3)17-22/h4-6,8-11,17,20,25H,7,12-16,18-19H2,1-3H3. The van der Waals surface area contributed by atoms with E-state index in [-0.39, 0.29) is 6.10 Å². The van der Waals surface area contributed by atoms with Crippen LogP contribution < -0.4 is 0 Å². The first-order valence-corrected chi connectivity index (χ1v) is 11.7. The van der Waals surface area contributed by atoms with Gasteiger partial charge in [0.2, 0.25) is 5.91 Å². The molecule has 1 amide bonds. The molecule has 0 saturated carbocycles. The lowest BCUT2D eigenvalue weighted by Gasteiger charge is -2.36. The Labute approximate surface area is 192 Å². The summed E-state index contributed by atoms with van der Waals surface area (Å²) in [6.07, 6.45) is 1.58. The van der Waals surface area contributed by atoms with Crippen LogP contribution in [-0.4, -0.2) is 48.4 Å². The number of carbonyl (C=O) groups is 1. The Balaban J connectivity index is 1.58. The van der Waals surface area contributed by atoms with Gasteiger partial charge >= 0.3 is 0 Å². The summed E-state index contributed by atoms with van der Waals surface area (Å²) in [5.74, 6) is 0.856. The Morgan fingerprint density at radius 2 is 1.77 bits per heavy atom. The maximum Gasteiger partial charge on any atom is 0.222 e. The van der Waals surface area contributed by atoms with Crippen molar-refractivity contribution in [2.75, 3.05) is 32.7 Å². The number of ether oxygens (including phenoxy) is 1. The van der Waals surface area contributed by atoms with Crippen molar-refractivity contribution >= 4 is 17.5 Å². The minimum Gasteiger partial charge on any atom is -0.368 e. The van der Waals surface area contributed by atoms with Crippen LogP contribution in [-0.2, 0) is 16.1 Å². The molecule has 4 nitrogen and oxygen atoms in total. The summed E-state index contributed by atoms with van der Waals surface area (Å²) < 4.78 is 6.39. The molecule has 0 aromatic heterocycles. The van der Waals surface area contributed by atoms with Gasteiger partial charge in [-0.05, 0) is 42.5 Å². The van der Waals surface area contributed by atoms with Crippen molar-refractivity contribution in [2.24, 2.45) is 5.92 Å². The van der Waals surface area contributed by atoms with Crippen LogP contribution in [0.1, 0.15) is 49.5 Å². The largest absolute Gasteiger partial charge is 0.368 e. The van der Waals surface area contributed by atoms with E-state index in [9.17, 15) is 4.79 Å². The predicted molar refractivity (Wildman–Crippen MR) is 127 cm³/mol. The van der Waals surface area contributed by atoms with Crippen LogP contribution in [0.2, 0.25) is 5.02 Å². The summed E-state index contributed by atoms with van der Waals surface area (Å²) in [5.41, 5.74) is 3.55. The van der Waals surface area contributed by atoms with Gasteiger partial charge in [-0.1, -0.05) is 67.4 Å². The quantitative estimate of drug-likeness (QED) is 0.515. The molecule has 0 aliphatic carbocycles. The number of aryl methyl sites for hydroxylation is 1. The molecule has 1 atom stereocenters. The summed E-state index contributed by atoms with van der Waals surface area (Å²) in [7, 11) is 0. The summed E-state index contributed by atoms with van der Waals surface area (Å²) in [6.45, 7) is 11.2. The van der Waals surface area contributed by atoms with Gasteiger partial charge in [0.15, 0.2) is 0 Å². The maximum absolute atomic E-state index is 12.4. The van der Waals surface area contributed by atoms with Gasteiger partial charge in [0, 0.05) is 44.2 Å². The minimum absolute atomic E-state index is 0.0408. The van der Waals surface area contributed by atoms with Crippen molar-refractivity contribution in [3.8, 4) is 0 Å². The van der Waals surface area contributed by atoms with Crippen LogP contribution in [0.15, 0.2) is 48.5 Å². The number of halogens is 1. The highest BCUT2D eigenvalue weighted by molar-refractivity contribution is 6.30. The first-order chi connectivity index (χ1) is 14.9. The molecular weight excluding hydrogens is 408 g/mol. The number of amides is 1. The van der Waals surface area contributed by atoms with Gasteiger partial charge in [-0.25, -0.2) is 0 Å². The molecule has 1 fully saturated rings. The second kappa shape index (κ2) is 11.7. The third-order valence-corrected chi connectivity index (χ3v) is 6.11. The van der Waals surface area contributed by atoms with E-state index in [1.807, 2.05) is 17.0 Å². The lowest BCUT2D eigenvalue weighted by molar-refractivity contribution is -0.133. The first-order valence-electron chi connectivity index (χ1n) is 11.3. The number of hydrogen-bond donors (Lipinski definition) is 0. The molecular formula is C26H35ClN2O2. The zero-order chi connectivity index (χ0) is 22.2. The lowest BCUT2D eigenvalue weighted by Crippen LogP contribution is -2.49. The normalized spacial score (nSPS) is 16.0. The molecule has 168 valence electrons. The lowest BCUT2D eigenvalue weighted by atomic mass is 10.1. The predicted octanol–water partition coefficient (Wildman–Crippen LogP) is 5.49. The molecule has 0 radical (unpaired) electrons. The average molecular weight is 443 g/mol. The van der Waals surface area contributed by atoms with E-state index in [0.717, 1.165) is 49.7 Å². The highest BCUT2D eigenvalue weighted by Crippen LogP contribution is 2.23. The van der Waals surface area contributed by atoms with E-state index in [0.29, 0.717) is 24.9 Å². The summed E-state index contributed by atoms with van der Waals surface area (Å²) >= 11 is 6.10. The van der Waals surface area contributed by atoms with Gasteiger partial charge in [0.05, 0.1) is 12.7 Å². The molecule has 31 heavy (non-hydrogen) atoms. The van der Waals surface area contributed by atoms with Gasteiger partial charge in [-0.3, -0.25) is 9.69 Å². The van der Waals surface area contributed by atoms with Crippen LogP contribution in [0.3, 0.4) is 0 Å². The topological polar surface area (TPSA) is 32.8 Å². The van der Waals surface area contributed by atoms with Crippen molar-refractivity contribution < 1.29 is 9.53 Å². The van der Waals surface area contributed by atoms with Crippen molar-refractivity contribution in [1.29, 1.82) is 0 Å². The molecule has 1 unspecified atom stereocenters. The number of rotatable bonds is 9. The molecule has 0 bridgehead atoms. The van der Waals surface area contributed by atoms with Gasteiger partial charge in [0.25, 0.3) is 0 Å². The summed E-state index contributed by atoms with van der Waals surface area (Å²) in [5, 5.41) is 0.731. The average Bonchev–Trinajstić information content (AvgIpc) is 2.76. The van der Waals surface area contributed by atoms with Crippen molar-refractivity contribution in [2.45, 2.75) is 46.3 Å². The Morgan fingerprint density at radius 1 is 1.06 bits per heavy atom. The van der Waals surface area contributed by atoms with E-state index < -0.39 is 0 Å². The van der Waals surface area contributed by atoms with Gasteiger partial charge < -0.3 is 9.64 Å². The first kappa shape index (κ1) is 23.8. The highest BCUT2D eigenvalue weighted by atomic mass is 35.5. The fraction of sp³-hybridized carbons (Fsp3) is 0.500. The van der Waals surface area contributed by atoms with Crippen LogP contribution in [0, 0.1) is 12.8 Å². The fourth-order valence-electron chi connectivity index (χ4n) is 3.92. The number of benzene rings is 2. The van der Waals surface area contributed by atoms with Crippen LogP contribution in [0.4, 0.5) is 0 Å². The zero-order valence-electron chi connectivity index (χ0n) is 19.0.